The van der Waals surface area contributed by atoms with Gasteiger partial charge in [0.25, 0.3) is 0 Å². The number of carbonyl (C=O) groups excluding carboxylic acids is 1. The van der Waals surface area contributed by atoms with E-state index in [1.54, 1.807) is 30.5 Å². The number of carbonyl (C=O) groups is 1. The number of rotatable bonds is 8. The number of fused-ring (bicyclic) bond motifs is 1. The van der Waals surface area contributed by atoms with Gasteiger partial charge >= 0.3 is 0 Å². The predicted octanol–water partition coefficient (Wildman–Crippen LogP) is 3.88. The van der Waals surface area contributed by atoms with Crippen LogP contribution in [0.2, 0.25) is 5.02 Å². The van der Waals surface area contributed by atoms with Crippen LogP contribution in [0.25, 0.3) is 11.0 Å². The van der Waals surface area contributed by atoms with Crippen molar-refractivity contribution in [1.82, 2.24) is 20.3 Å². The van der Waals surface area contributed by atoms with Gasteiger partial charge in [-0.25, -0.2) is 8.78 Å². The van der Waals surface area contributed by atoms with Gasteiger partial charge in [-0.1, -0.05) is 23.7 Å². The van der Waals surface area contributed by atoms with Gasteiger partial charge in [-0.2, -0.15) is 9.97 Å². The van der Waals surface area contributed by atoms with Crippen molar-refractivity contribution in [2.24, 2.45) is 5.73 Å². The molecule has 3 heterocycles. The molecule has 13 heteroatoms. The van der Waals surface area contributed by atoms with E-state index in [0.29, 0.717) is 48.8 Å². The molecule has 0 saturated carbocycles. The number of hydrogen-bond acceptors (Lipinski definition) is 8. The number of aromatic amines is 1. The third-order valence-electron chi connectivity index (χ3n) is 7.07. The average molecular weight is 572 g/mol. The van der Waals surface area contributed by atoms with Crippen LogP contribution < -0.4 is 21.3 Å². The van der Waals surface area contributed by atoms with Gasteiger partial charge in [0, 0.05) is 48.7 Å². The van der Waals surface area contributed by atoms with Gasteiger partial charge in [0.1, 0.15) is 11.5 Å². The second kappa shape index (κ2) is 11.2. The molecule has 10 nitrogen and oxygen atoms in total. The number of benzene rings is 2. The maximum absolute atomic E-state index is 13.8. The van der Waals surface area contributed by atoms with Crippen LogP contribution in [0.3, 0.4) is 0 Å². The number of hydrogen-bond donors (Lipinski definition) is 6. The fourth-order valence-corrected chi connectivity index (χ4v) is 4.91. The SMILES string of the molecule is NC1(C(=O)N[C@@H](CCO)c2ccc(Cl)cc2)CCN(c2nc(Nc3cc(F)c(O)c(F)c3)nc3[nH]ccc23)CC1. The smallest absolute Gasteiger partial charge is 0.240 e. The maximum Gasteiger partial charge on any atom is 0.240 e. The lowest BCUT2D eigenvalue weighted by atomic mass is 9.87. The molecule has 210 valence electrons. The number of nitrogens with one attached hydrogen (secondary N) is 3. The van der Waals surface area contributed by atoms with Crippen LogP contribution in [0.15, 0.2) is 48.7 Å². The number of aliphatic hydroxyl groups is 1. The predicted molar refractivity (Wildman–Crippen MR) is 148 cm³/mol. The number of piperidine rings is 1. The number of phenolic OH excluding ortho intramolecular Hbond substituents is 1. The number of nitrogens with two attached hydrogens (primary N) is 1. The molecule has 4 aromatic rings. The molecule has 40 heavy (non-hydrogen) atoms. The summed E-state index contributed by atoms with van der Waals surface area (Å²) in [6.45, 7) is 0.711. The van der Waals surface area contributed by atoms with Gasteiger partial charge in [0.15, 0.2) is 17.4 Å². The molecule has 0 unspecified atom stereocenters. The van der Waals surface area contributed by atoms with Crippen LogP contribution in [0.4, 0.5) is 26.2 Å². The van der Waals surface area contributed by atoms with Crippen molar-refractivity contribution in [3.8, 4) is 5.75 Å². The maximum atomic E-state index is 13.8. The number of nitrogens with zero attached hydrogens (tertiary/aromatic N) is 3. The van der Waals surface area contributed by atoms with Crippen molar-refractivity contribution in [3.63, 3.8) is 0 Å². The minimum absolute atomic E-state index is 0.0269. The summed E-state index contributed by atoms with van der Waals surface area (Å²) in [6, 6.07) is 10.3. The van der Waals surface area contributed by atoms with Gasteiger partial charge in [-0.3, -0.25) is 4.79 Å². The standard InChI is InChI=1S/C27H28ClF2N7O3/c28-16-3-1-15(2-4-16)21(6-12-38)34-25(40)27(31)7-10-37(11-8-27)24-18-5-9-32-23(18)35-26(36-24)33-17-13-19(29)22(39)20(30)14-17/h1-5,9,13-14,21,38-39H,6-8,10-12,31H2,(H,34,40)(H2,32,33,35,36)/t21-/m0/s1. The highest BCUT2D eigenvalue weighted by Gasteiger charge is 2.39. The first kappa shape index (κ1) is 27.6. The summed E-state index contributed by atoms with van der Waals surface area (Å²) in [4.78, 5) is 27.3. The highest BCUT2D eigenvalue weighted by Crippen LogP contribution is 2.32. The average Bonchev–Trinajstić information content (AvgIpc) is 3.41. The molecule has 1 saturated heterocycles. The molecule has 0 aliphatic carbocycles. The van der Waals surface area contributed by atoms with E-state index in [0.717, 1.165) is 23.1 Å². The van der Waals surface area contributed by atoms with Gasteiger partial charge < -0.3 is 36.5 Å². The fourth-order valence-electron chi connectivity index (χ4n) is 4.78. The van der Waals surface area contributed by atoms with E-state index in [2.05, 4.69) is 25.6 Å². The molecule has 7 N–H and O–H groups in total. The number of anilines is 3. The van der Waals surface area contributed by atoms with Crippen molar-refractivity contribution in [2.45, 2.75) is 30.8 Å². The van der Waals surface area contributed by atoms with Gasteiger partial charge in [-0.15, -0.1) is 0 Å². The number of H-pyrrole nitrogens is 1. The number of halogens is 3. The molecule has 1 atom stereocenters. The van der Waals surface area contributed by atoms with Crippen molar-refractivity contribution >= 4 is 46.0 Å². The molecule has 2 aromatic carbocycles. The van der Waals surface area contributed by atoms with Gasteiger partial charge in [0.2, 0.25) is 11.9 Å². The zero-order valence-corrected chi connectivity index (χ0v) is 22.1. The highest BCUT2D eigenvalue weighted by molar-refractivity contribution is 6.30. The molecular weight excluding hydrogens is 544 g/mol. The van der Waals surface area contributed by atoms with E-state index in [1.807, 2.05) is 11.0 Å². The minimum atomic E-state index is -1.14. The molecular formula is C27H28ClF2N7O3. The number of aromatic hydroxyl groups is 1. The van der Waals surface area contributed by atoms with Crippen LogP contribution >= 0.6 is 11.6 Å². The zero-order chi connectivity index (χ0) is 28.4. The Labute approximate surface area is 233 Å². The van der Waals surface area contributed by atoms with E-state index in [9.17, 15) is 23.8 Å². The monoisotopic (exact) mass is 571 g/mol. The summed E-state index contributed by atoms with van der Waals surface area (Å²) in [7, 11) is 0. The molecule has 0 radical (unpaired) electrons. The summed E-state index contributed by atoms with van der Waals surface area (Å²) in [5, 5.41) is 26.0. The number of amides is 1. The lowest BCUT2D eigenvalue weighted by molar-refractivity contribution is -0.128. The fraction of sp³-hybridized carbons (Fsp3) is 0.296. The third kappa shape index (κ3) is 5.64. The van der Waals surface area contributed by atoms with Crippen molar-refractivity contribution < 1.29 is 23.8 Å². The summed E-state index contributed by atoms with van der Waals surface area (Å²) in [5.74, 6) is -2.95. The first-order valence-electron chi connectivity index (χ1n) is 12.7. The quantitative estimate of drug-likeness (QED) is 0.174. The van der Waals surface area contributed by atoms with Crippen LogP contribution in [0.5, 0.6) is 5.75 Å². The molecule has 1 aliphatic heterocycles. The second-order valence-electron chi connectivity index (χ2n) is 9.76. The van der Waals surface area contributed by atoms with Gasteiger partial charge in [-0.05, 0) is 43.0 Å². The Morgan fingerprint density at radius 3 is 2.48 bits per heavy atom. The first-order valence-corrected chi connectivity index (χ1v) is 13.1. The van der Waals surface area contributed by atoms with Crippen LogP contribution in [0.1, 0.15) is 30.9 Å². The van der Waals surface area contributed by atoms with Crippen LogP contribution in [-0.4, -0.2) is 56.3 Å². The summed E-state index contributed by atoms with van der Waals surface area (Å²) < 4.78 is 27.7. The molecule has 0 bridgehead atoms. The normalized spacial score (nSPS) is 15.7. The minimum Gasteiger partial charge on any atom is -0.503 e. The topological polar surface area (TPSA) is 152 Å². The first-order chi connectivity index (χ1) is 19.2. The molecule has 2 aromatic heterocycles. The van der Waals surface area contributed by atoms with Gasteiger partial charge in [0.05, 0.1) is 17.0 Å². The van der Waals surface area contributed by atoms with Crippen molar-refractivity contribution in [2.75, 3.05) is 29.9 Å². The summed E-state index contributed by atoms with van der Waals surface area (Å²) in [6.07, 6.45) is 2.69. The van der Waals surface area contributed by atoms with E-state index in [4.69, 9.17) is 17.3 Å². The van der Waals surface area contributed by atoms with Crippen molar-refractivity contribution in [1.29, 1.82) is 0 Å². The van der Waals surface area contributed by atoms with E-state index in [1.165, 1.54) is 0 Å². The largest absolute Gasteiger partial charge is 0.503 e. The lowest BCUT2D eigenvalue weighted by Gasteiger charge is -2.39. The molecule has 1 fully saturated rings. The van der Waals surface area contributed by atoms with Crippen LogP contribution in [0, 0.1) is 11.6 Å². The number of phenols is 1. The Hall–Kier alpha value is -4.00. The zero-order valence-electron chi connectivity index (χ0n) is 21.3. The summed E-state index contributed by atoms with van der Waals surface area (Å²) in [5.41, 5.74) is 6.80. The Kier molecular flexibility index (Phi) is 7.74. The number of aromatic nitrogens is 3. The number of aliphatic hydroxyl groups excluding tert-OH is 1. The van der Waals surface area contributed by atoms with E-state index in [-0.39, 0.29) is 24.1 Å². The summed E-state index contributed by atoms with van der Waals surface area (Å²) >= 11 is 5.99. The third-order valence-corrected chi connectivity index (χ3v) is 7.32. The Bertz CT molecular complexity index is 1500. The lowest BCUT2D eigenvalue weighted by Crippen LogP contribution is -2.60. The Balaban J connectivity index is 1.32. The second-order valence-corrected chi connectivity index (χ2v) is 10.2. The van der Waals surface area contributed by atoms with Crippen molar-refractivity contribution in [3.05, 3.63) is 70.9 Å². The van der Waals surface area contributed by atoms with E-state index >= 15 is 0 Å². The molecule has 1 aliphatic rings. The van der Waals surface area contributed by atoms with Crippen LogP contribution in [-0.2, 0) is 4.79 Å². The molecule has 1 amide bonds. The Morgan fingerprint density at radius 1 is 1.15 bits per heavy atom. The Morgan fingerprint density at radius 2 is 1.82 bits per heavy atom. The molecule has 0 spiro atoms. The van der Waals surface area contributed by atoms with E-state index < -0.39 is 29.0 Å². The molecule has 5 rings (SSSR count). The highest BCUT2D eigenvalue weighted by atomic mass is 35.5.